The maximum absolute atomic E-state index is 3.47. The molecule has 1 N–H and O–H groups in total. The molecule has 0 saturated heterocycles. The van der Waals surface area contributed by atoms with Crippen molar-refractivity contribution >= 4 is 5.69 Å². The predicted octanol–water partition coefficient (Wildman–Crippen LogP) is 2.64. The largest absolute Gasteiger partial charge is 0.378 e. The van der Waals surface area contributed by atoms with E-state index in [9.17, 15) is 0 Å². The van der Waals surface area contributed by atoms with E-state index in [0.717, 1.165) is 6.54 Å². The third-order valence-electron chi connectivity index (χ3n) is 2.28. The van der Waals surface area contributed by atoms with Gasteiger partial charge in [0.25, 0.3) is 0 Å². The maximum atomic E-state index is 3.47. The van der Waals surface area contributed by atoms with Gasteiger partial charge in [0.2, 0.25) is 0 Å². The van der Waals surface area contributed by atoms with E-state index in [0.29, 0.717) is 0 Å². The molecule has 1 rings (SSSR count). The standard InChI is InChI=1S/C13H22N2/c1-13(2,3)14-10-11-6-8-12(9-7-11)15(4)5/h6-9,14H,10H2,1-5H3. The van der Waals surface area contributed by atoms with Crippen LogP contribution < -0.4 is 10.2 Å². The number of nitrogens with zero attached hydrogens (tertiary/aromatic N) is 1. The number of nitrogens with one attached hydrogen (secondary N) is 1. The summed E-state index contributed by atoms with van der Waals surface area (Å²) in [6.45, 7) is 7.47. The van der Waals surface area contributed by atoms with Crippen LogP contribution in [0, 0.1) is 0 Å². The first-order valence-electron chi connectivity index (χ1n) is 5.40. The Morgan fingerprint density at radius 3 is 2.00 bits per heavy atom. The van der Waals surface area contributed by atoms with Gasteiger partial charge in [0.05, 0.1) is 0 Å². The summed E-state index contributed by atoms with van der Waals surface area (Å²) in [5, 5.41) is 3.47. The smallest absolute Gasteiger partial charge is 0.0361 e. The zero-order chi connectivity index (χ0) is 11.5. The zero-order valence-electron chi connectivity index (χ0n) is 10.5. The molecule has 0 aliphatic rings. The molecule has 0 saturated carbocycles. The molecule has 0 aliphatic heterocycles. The van der Waals surface area contributed by atoms with E-state index in [1.54, 1.807) is 0 Å². The molecule has 0 radical (unpaired) electrons. The lowest BCUT2D eigenvalue weighted by Crippen LogP contribution is -2.35. The van der Waals surface area contributed by atoms with Crippen molar-refractivity contribution in [2.24, 2.45) is 0 Å². The van der Waals surface area contributed by atoms with Crippen LogP contribution in [0.1, 0.15) is 26.3 Å². The Morgan fingerprint density at radius 2 is 1.60 bits per heavy atom. The Bertz CT molecular complexity index is 293. The minimum atomic E-state index is 0.181. The maximum Gasteiger partial charge on any atom is 0.0361 e. The van der Waals surface area contributed by atoms with Crippen molar-refractivity contribution in [2.75, 3.05) is 19.0 Å². The van der Waals surface area contributed by atoms with Gasteiger partial charge in [-0.1, -0.05) is 12.1 Å². The van der Waals surface area contributed by atoms with Gasteiger partial charge in [0.15, 0.2) is 0 Å². The second-order valence-corrected chi connectivity index (χ2v) is 5.16. The van der Waals surface area contributed by atoms with Gasteiger partial charge in [-0.3, -0.25) is 0 Å². The van der Waals surface area contributed by atoms with E-state index in [2.05, 4.69) is 69.3 Å². The van der Waals surface area contributed by atoms with Gasteiger partial charge in [-0.15, -0.1) is 0 Å². The summed E-state index contributed by atoms with van der Waals surface area (Å²) in [6, 6.07) is 8.65. The minimum Gasteiger partial charge on any atom is -0.378 e. The third-order valence-corrected chi connectivity index (χ3v) is 2.28. The number of rotatable bonds is 3. The summed E-state index contributed by atoms with van der Waals surface area (Å²) >= 11 is 0. The quantitative estimate of drug-likeness (QED) is 0.818. The molecule has 0 spiro atoms. The molecule has 1 aromatic carbocycles. The molecule has 15 heavy (non-hydrogen) atoms. The molecule has 0 aliphatic carbocycles. The van der Waals surface area contributed by atoms with Crippen LogP contribution in [0.25, 0.3) is 0 Å². The summed E-state index contributed by atoms with van der Waals surface area (Å²) in [4.78, 5) is 2.11. The summed E-state index contributed by atoms with van der Waals surface area (Å²) < 4.78 is 0. The number of benzene rings is 1. The Labute approximate surface area is 93.3 Å². The first kappa shape index (κ1) is 12.1. The predicted molar refractivity (Wildman–Crippen MR) is 67.4 cm³/mol. The topological polar surface area (TPSA) is 15.3 Å². The summed E-state index contributed by atoms with van der Waals surface area (Å²) in [5.41, 5.74) is 2.75. The molecule has 2 heteroatoms. The molecular weight excluding hydrogens is 184 g/mol. The van der Waals surface area contributed by atoms with Gasteiger partial charge in [0, 0.05) is 31.9 Å². The monoisotopic (exact) mass is 206 g/mol. The number of anilines is 1. The van der Waals surface area contributed by atoms with Gasteiger partial charge in [-0.2, -0.15) is 0 Å². The van der Waals surface area contributed by atoms with E-state index in [4.69, 9.17) is 0 Å². The molecule has 0 fully saturated rings. The van der Waals surface area contributed by atoms with Crippen molar-refractivity contribution in [1.29, 1.82) is 0 Å². The fraction of sp³-hybridized carbons (Fsp3) is 0.538. The van der Waals surface area contributed by atoms with Crippen molar-refractivity contribution < 1.29 is 0 Å². The average Bonchev–Trinajstić information content (AvgIpc) is 2.14. The van der Waals surface area contributed by atoms with Crippen molar-refractivity contribution in [3.63, 3.8) is 0 Å². The Balaban J connectivity index is 2.57. The van der Waals surface area contributed by atoms with Crippen LogP contribution in [-0.4, -0.2) is 19.6 Å². The van der Waals surface area contributed by atoms with Crippen LogP contribution in [0.2, 0.25) is 0 Å². The molecule has 0 aromatic heterocycles. The molecule has 0 bridgehead atoms. The second-order valence-electron chi connectivity index (χ2n) is 5.16. The van der Waals surface area contributed by atoms with Crippen LogP contribution in [0.5, 0.6) is 0 Å². The van der Waals surface area contributed by atoms with Gasteiger partial charge in [-0.25, -0.2) is 0 Å². The van der Waals surface area contributed by atoms with Crippen LogP contribution >= 0.6 is 0 Å². The fourth-order valence-electron chi connectivity index (χ4n) is 1.28. The molecule has 2 nitrogen and oxygen atoms in total. The van der Waals surface area contributed by atoms with Crippen LogP contribution in [-0.2, 0) is 6.54 Å². The van der Waals surface area contributed by atoms with Crippen LogP contribution in [0.15, 0.2) is 24.3 Å². The highest BCUT2D eigenvalue weighted by molar-refractivity contribution is 5.45. The fourth-order valence-corrected chi connectivity index (χ4v) is 1.28. The van der Waals surface area contributed by atoms with E-state index < -0.39 is 0 Å². The highest BCUT2D eigenvalue weighted by Crippen LogP contribution is 2.12. The van der Waals surface area contributed by atoms with E-state index in [1.807, 2.05) is 0 Å². The van der Waals surface area contributed by atoms with Gasteiger partial charge < -0.3 is 10.2 Å². The summed E-state index contributed by atoms with van der Waals surface area (Å²) in [5.74, 6) is 0. The zero-order valence-corrected chi connectivity index (χ0v) is 10.5. The second kappa shape index (κ2) is 4.67. The van der Waals surface area contributed by atoms with Crippen molar-refractivity contribution in [3.05, 3.63) is 29.8 Å². The average molecular weight is 206 g/mol. The minimum absolute atomic E-state index is 0.181. The summed E-state index contributed by atoms with van der Waals surface area (Å²) in [7, 11) is 4.12. The van der Waals surface area contributed by atoms with Crippen LogP contribution in [0.3, 0.4) is 0 Å². The van der Waals surface area contributed by atoms with E-state index in [-0.39, 0.29) is 5.54 Å². The first-order chi connectivity index (χ1) is 6.88. The highest BCUT2D eigenvalue weighted by atomic mass is 15.1. The normalized spacial score (nSPS) is 11.5. The van der Waals surface area contributed by atoms with Gasteiger partial charge in [0.1, 0.15) is 0 Å². The molecule has 0 unspecified atom stereocenters. The van der Waals surface area contributed by atoms with Crippen LogP contribution in [0.4, 0.5) is 5.69 Å². The SMILES string of the molecule is CN(C)c1ccc(CNC(C)(C)C)cc1. The van der Waals surface area contributed by atoms with E-state index >= 15 is 0 Å². The molecule has 0 amide bonds. The summed E-state index contributed by atoms with van der Waals surface area (Å²) in [6.07, 6.45) is 0. The van der Waals surface area contributed by atoms with Gasteiger partial charge in [-0.05, 0) is 38.5 Å². The molecular formula is C13H22N2. The Kier molecular flexibility index (Phi) is 3.75. The Hall–Kier alpha value is -1.02. The molecule has 1 aromatic rings. The number of hydrogen-bond donors (Lipinski definition) is 1. The molecule has 0 heterocycles. The first-order valence-corrected chi connectivity index (χ1v) is 5.40. The van der Waals surface area contributed by atoms with Crippen molar-refractivity contribution in [1.82, 2.24) is 5.32 Å². The van der Waals surface area contributed by atoms with Gasteiger partial charge >= 0.3 is 0 Å². The van der Waals surface area contributed by atoms with E-state index in [1.165, 1.54) is 11.3 Å². The Morgan fingerprint density at radius 1 is 1.07 bits per heavy atom. The lowest BCUT2D eigenvalue weighted by molar-refractivity contribution is 0.424. The van der Waals surface area contributed by atoms with Crippen molar-refractivity contribution in [2.45, 2.75) is 32.9 Å². The molecule has 84 valence electrons. The lowest BCUT2D eigenvalue weighted by Gasteiger charge is -2.21. The third kappa shape index (κ3) is 4.34. The van der Waals surface area contributed by atoms with Crippen molar-refractivity contribution in [3.8, 4) is 0 Å². The lowest BCUT2D eigenvalue weighted by atomic mass is 10.1. The number of hydrogen-bond acceptors (Lipinski definition) is 2. The highest BCUT2D eigenvalue weighted by Gasteiger charge is 2.07. The molecule has 0 atom stereocenters.